The van der Waals surface area contributed by atoms with Gasteiger partial charge in [0.2, 0.25) is 10.0 Å². The Kier molecular flexibility index (Phi) is 6.22. The first-order valence-corrected chi connectivity index (χ1v) is 11.7. The van der Waals surface area contributed by atoms with Crippen LogP contribution >= 0.6 is 0 Å². The van der Waals surface area contributed by atoms with E-state index in [1.54, 1.807) is 25.1 Å². The van der Waals surface area contributed by atoms with Gasteiger partial charge in [0.1, 0.15) is 17.9 Å². The summed E-state index contributed by atoms with van der Waals surface area (Å²) in [5.41, 5.74) is 2.11. The molecule has 0 fully saturated rings. The summed E-state index contributed by atoms with van der Waals surface area (Å²) < 4.78 is 38.1. The molecule has 7 nitrogen and oxygen atoms in total. The van der Waals surface area contributed by atoms with Crippen molar-refractivity contribution in [2.24, 2.45) is 0 Å². The summed E-state index contributed by atoms with van der Waals surface area (Å²) in [5.74, 6) is 0.297. The second-order valence-electron chi connectivity index (χ2n) is 7.73. The van der Waals surface area contributed by atoms with Gasteiger partial charge in [0.05, 0.1) is 4.90 Å². The molecule has 3 aromatic carbocycles. The highest BCUT2D eigenvalue weighted by Crippen LogP contribution is 2.29. The van der Waals surface area contributed by atoms with Gasteiger partial charge in [-0.15, -0.1) is 0 Å². The number of rotatable bonds is 7. The third kappa shape index (κ3) is 4.62. The first-order chi connectivity index (χ1) is 15.8. The Morgan fingerprint density at radius 2 is 1.70 bits per heavy atom. The van der Waals surface area contributed by atoms with Gasteiger partial charge in [0.25, 0.3) is 5.91 Å². The number of sulfonamides is 1. The molecule has 1 N–H and O–H groups in total. The average molecular weight is 465 g/mol. The van der Waals surface area contributed by atoms with E-state index in [4.69, 9.17) is 9.15 Å². The number of carbonyl (C=O) groups excluding carboxylic acids is 1. The number of ether oxygens (including phenoxy) is 1. The van der Waals surface area contributed by atoms with Crippen molar-refractivity contribution in [3.05, 3.63) is 89.7 Å². The summed E-state index contributed by atoms with van der Waals surface area (Å²) >= 11 is 0. The molecule has 4 rings (SSSR count). The molecule has 0 radical (unpaired) electrons. The molecule has 170 valence electrons. The second-order valence-corrected chi connectivity index (χ2v) is 9.85. The zero-order valence-corrected chi connectivity index (χ0v) is 19.3. The van der Waals surface area contributed by atoms with Crippen LogP contribution in [0.15, 0.2) is 82.1 Å². The predicted molar refractivity (Wildman–Crippen MR) is 127 cm³/mol. The molecule has 0 atom stereocenters. The summed E-state index contributed by atoms with van der Waals surface area (Å²) in [6.07, 6.45) is 0. The van der Waals surface area contributed by atoms with Crippen LogP contribution in [0.3, 0.4) is 0 Å². The quantitative estimate of drug-likeness (QED) is 0.423. The molecule has 0 aliphatic rings. The molecule has 33 heavy (non-hydrogen) atoms. The van der Waals surface area contributed by atoms with Gasteiger partial charge >= 0.3 is 0 Å². The third-order valence-corrected chi connectivity index (χ3v) is 7.19. The number of anilines is 1. The highest BCUT2D eigenvalue weighted by molar-refractivity contribution is 7.89. The largest absolute Gasteiger partial charge is 0.489 e. The number of nitrogens with zero attached hydrogens (tertiary/aromatic N) is 1. The number of fused-ring (bicyclic) bond motifs is 1. The molecule has 0 bridgehead atoms. The highest BCUT2D eigenvalue weighted by Gasteiger charge is 2.23. The monoisotopic (exact) mass is 464 g/mol. The van der Waals surface area contributed by atoms with Gasteiger partial charge in [-0.25, -0.2) is 12.7 Å². The number of carbonyl (C=O) groups is 1. The van der Waals surface area contributed by atoms with Gasteiger partial charge in [-0.05, 0) is 42.8 Å². The number of benzene rings is 3. The minimum absolute atomic E-state index is 0.115. The van der Waals surface area contributed by atoms with Gasteiger partial charge in [-0.2, -0.15) is 0 Å². The molecule has 1 heterocycles. The van der Waals surface area contributed by atoms with E-state index in [-0.39, 0.29) is 17.3 Å². The molecule has 0 saturated heterocycles. The van der Waals surface area contributed by atoms with Crippen LogP contribution in [-0.4, -0.2) is 32.7 Å². The van der Waals surface area contributed by atoms with Crippen molar-refractivity contribution in [1.29, 1.82) is 0 Å². The summed E-state index contributed by atoms with van der Waals surface area (Å²) in [5, 5.41) is 3.54. The minimum Gasteiger partial charge on any atom is -0.489 e. The van der Waals surface area contributed by atoms with Crippen LogP contribution in [0, 0.1) is 6.92 Å². The third-order valence-electron chi connectivity index (χ3n) is 5.24. The fourth-order valence-electron chi connectivity index (χ4n) is 3.44. The van der Waals surface area contributed by atoms with Crippen molar-refractivity contribution in [2.75, 3.05) is 19.4 Å². The smallest absolute Gasteiger partial charge is 0.291 e. The molecule has 1 amide bonds. The van der Waals surface area contributed by atoms with E-state index in [9.17, 15) is 13.2 Å². The van der Waals surface area contributed by atoms with Gasteiger partial charge in [-0.1, -0.05) is 42.5 Å². The number of amides is 1. The minimum atomic E-state index is -3.66. The molecular formula is C25H24N2O5S. The molecule has 0 spiro atoms. The van der Waals surface area contributed by atoms with Crippen LogP contribution in [0.25, 0.3) is 11.0 Å². The maximum Gasteiger partial charge on any atom is 0.291 e. The fourth-order valence-corrected chi connectivity index (χ4v) is 4.58. The van der Waals surface area contributed by atoms with E-state index in [2.05, 4.69) is 5.32 Å². The summed E-state index contributed by atoms with van der Waals surface area (Å²) in [6, 6.07) is 21.4. The van der Waals surface area contributed by atoms with Crippen LogP contribution in [0.2, 0.25) is 0 Å². The maximum absolute atomic E-state index is 13.2. The molecule has 0 unspecified atom stereocenters. The Hall–Kier alpha value is -3.62. The first-order valence-electron chi connectivity index (χ1n) is 10.3. The van der Waals surface area contributed by atoms with Crippen molar-refractivity contribution >= 4 is 32.6 Å². The highest BCUT2D eigenvalue weighted by atomic mass is 32.2. The van der Waals surface area contributed by atoms with Gasteiger partial charge in [-0.3, -0.25) is 4.79 Å². The Labute approximate surface area is 192 Å². The van der Waals surface area contributed by atoms with Crippen molar-refractivity contribution in [1.82, 2.24) is 4.31 Å². The lowest BCUT2D eigenvalue weighted by atomic mass is 10.1. The number of hydrogen-bond donors (Lipinski definition) is 1. The van der Waals surface area contributed by atoms with Gasteiger partial charge in [0.15, 0.2) is 5.76 Å². The lowest BCUT2D eigenvalue weighted by molar-refractivity contribution is 0.0995. The summed E-state index contributed by atoms with van der Waals surface area (Å²) in [4.78, 5) is 13.3. The van der Waals surface area contributed by atoms with Crippen LogP contribution < -0.4 is 10.1 Å². The fraction of sp³-hybridized carbons (Fsp3) is 0.160. The zero-order valence-electron chi connectivity index (χ0n) is 18.5. The van der Waals surface area contributed by atoms with E-state index in [0.717, 1.165) is 9.69 Å². The molecule has 4 aromatic rings. The van der Waals surface area contributed by atoms with Crippen LogP contribution in [0.5, 0.6) is 5.75 Å². The second kappa shape index (κ2) is 9.09. The summed E-state index contributed by atoms with van der Waals surface area (Å²) in [6.45, 7) is 1.85. The lowest BCUT2D eigenvalue weighted by Crippen LogP contribution is -2.23. The Morgan fingerprint density at radius 3 is 2.42 bits per heavy atom. The van der Waals surface area contributed by atoms with E-state index >= 15 is 0 Å². The van der Waals surface area contributed by atoms with Crippen molar-refractivity contribution < 1.29 is 22.4 Å². The van der Waals surface area contributed by atoms with Crippen LogP contribution in [0.4, 0.5) is 5.69 Å². The van der Waals surface area contributed by atoms with Crippen LogP contribution in [0.1, 0.15) is 21.7 Å². The molecule has 8 heteroatoms. The topological polar surface area (TPSA) is 88.8 Å². The van der Waals surface area contributed by atoms with Gasteiger partial charge < -0.3 is 14.5 Å². The molecular weight excluding hydrogens is 440 g/mol. The number of hydrogen-bond acceptors (Lipinski definition) is 5. The Balaban J connectivity index is 1.66. The normalized spacial score (nSPS) is 11.6. The number of aryl methyl sites for hydroxylation is 1. The summed E-state index contributed by atoms with van der Waals surface area (Å²) in [7, 11) is -0.728. The van der Waals surface area contributed by atoms with E-state index in [1.807, 2.05) is 48.5 Å². The molecule has 1 aromatic heterocycles. The Bertz CT molecular complexity index is 1410. The SMILES string of the molecule is Cc1ccc(NC(=O)c2oc3ccccc3c2COc2ccccc2)cc1S(=O)(=O)N(C)C. The van der Waals surface area contributed by atoms with Crippen molar-refractivity contribution in [2.45, 2.75) is 18.4 Å². The standard InChI is InChI=1S/C25H24N2O5S/c1-17-13-14-18(15-23(17)33(29,30)27(2)3)26-25(28)24-21(16-31-19-9-5-4-6-10-19)20-11-7-8-12-22(20)32-24/h4-15H,16H2,1-3H3,(H,26,28). The molecule has 0 saturated carbocycles. The van der Waals surface area contributed by atoms with E-state index in [0.29, 0.717) is 28.1 Å². The number of furan rings is 1. The van der Waals surface area contributed by atoms with Crippen molar-refractivity contribution in [3.8, 4) is 5.75 Å². The average Bonchev–Trinajstić information content (AvgIpc) is 3.18. The van der Waals surface area contributed by atoms with E-state index in [1.165, 1.54) is 20.2 Å². The maximum atomic E-state index is 13.2. The van der Waals surface area contributed by atoms with E-state index < -0.39 is 15.9 Å². The molecule has 0 aliphatic carbocycles. The predicted octanol–water partition coefficient (Wildman–Crippen LogP) is 4.82. The number of nitrogens with one attached hydrogen (secondary N) is 1. The van der Waals surface area contributed by atoms with Gasteiger partial charge in [0, 0.05) is 30.7 Å². The zero-order chi connectivity index (χ0) is 23.6. The van der Waals surface area contributed by atoms with Crippen molar-refractivity contribution in [3.63, 3.8) is 0 Å². The van der Waals surface area contributed by atoms with Crippen LogP contribution in [-0.2, 0) is 16.6 Å². The Morgan fingerprint density at radius 1 is 1.00 bits per heavy atom. The first kappa shape index (κ1) is 22.6. The molecule has 0 aliphatic heterocycles. The lowest BCUT2D eigenvalue weighted by Gasteiger charge is -2.15. The number of para-hydroxylation sites is 2.